The number of hydrogen-bond donors (Lipinski definition) is 2. The number of halogens is 1. The van der Waals surface area contributed by atoms with Gasteiger partial charge in [0, 0.05) is 10.0 Å². The normalized spacial score (nSPS) is 9.69. The van der Waals surface area contributed by atoms with E-state index >= 15 is 0 Å². The topological polar surface area (TPSA) is 55.5 Å². The third kappa shape index (κ3) is 2.10. The van der Waals surface area contributed by atoms with Crippen molar-refractivity contribution in [1.29, 1.82) is 0 Å². The Bertz CT molecular complexity index is 354. The molecule has 1 rings (SSSR count). The average Bonchev–Trinajstić information content (AvgIpc) is 2.03. The van der Waals surface area contributed by atoms with E-state index in [1.807, 2.05) is 0 Å². The lowest BCUT2D eigenvalue weighted by Gasteiger charge is -2.07. The first-order chi connectivity index (χ1) is 6.06. The highest BCUT2D eigenvalue weighted by molar-refractivity contribution is 9.10. The highest BCUT2D eigenvalue weighted by Crippen LogP contribution is 2.32. The van der Waals surface area contributed by atoms with E-state index in [-0.39, 0.29) is 10.7 Å². The first-order valence-corrected chi connectivity index (χ1v) is 4.62. The van der Waals surface area contributed by atoms with Gasteiger partial charge in [-0.25, -0.2) is 0 Å². The fourth-order valence-electron chi connectivity index (χ4n) is 0.895. The average molecular weight is 262 g/mol. The molecule has 0 amide bonds. The molecule has 13 heavy (non-hydrogen) atoms. The molecule has 0 saturated heterocycles. The summed E-state index contributed by atoms with van der Waals surface area (Å²) < 4.78 is 5.56. The van der Waals surface area contributed by atoms with Crippen molar-refractivity contribution in [3.8, 4) is 11.5 Å². The Morgan fingerprint density at radius 2 is 2.23 bits per heavy atom. The number of rotatable bonds is 2. The van der Waals surface area contributed by atoms with E-state index in [4.69, 9.17) is 22.7 Å². The van der Waals surface area contributed by atoms with Crippen molar-refractivity contribution in [3.05, 3.63) is 22.2 Å². The number of aromatic hydroxyl groups is 1. The van der Waals surface area contributed by atoms with Gasteiger partial charge in [0.05, 0.1) is 7.11 Å². The fraction of sp³-hybridized carbons (Fsp3) is 0.125. The van der Waals surface area contributed by atoms with Gasteiger partial charge in [0.25, 0.3) is 0 Å². The molecule has 0 heterocycles. The van der Waals surface area contributed by atoms with Gasteiger partial charge in [-0.05, 0) is 28.1 Å². The van der Waals surface area contributed by atoms with Crippen LogP contribution in [0.25, 0.3) is 0 Å². The van der Waals surface area contributed by atoms with Gasteiger partial charge >= 0.3 is 0 Å². The molecular weight excluding hydrogens is 254 g/mol. The molecule has 3 nitrogen and oxygen atoms in total. The minimum Gasteiger partial charge on any atom is -0.504 e. The van der Waals surface area contributed by atoms with Crippen LogP contribution >= 0.6 is 28.1 Å². The van der Waals surface area contributed by atoms with Crippen LogP contribution in [0, 0.1) is 0 Å². The lowest BCUT2D eigenvalue weighted by Crippen LogP contribution is -2.10. The molecule has 0 atom stereocenters. The van der Waals surface area contributed by atoms with E-state index in [0.29, 0.717) is 15.8 Å². The van der Waals surface area contributed by atoms with Crippen molar-refractivity contribution >= 4 is 33.1 Å². The molecule has 0 aliphatic heterocycles. The number of phenols is 1. The second kappa shape index (κ2) is 3.93. The van der Waals surface area contributed by atoms with Crippen molar-refractivity contribution in [2.24, 2.45) is 5.73 Å². The van der Waals surface area contributed by atoms with Crippen molar-refractivity contribution in [2.75, 3.05) is 7.11 Å². The summed E-state index contributed by atoms with van der Waals surface area (Å²) in [5, 5.41) is 9.36. The number of hydrogen-bond acceptors (Lipinski definition) is 3. The zero-order valence-corrected chi connectivity index (χ0v) is 9.28. The predicted molar refractivity (Wildman–Crippen MR) is 58.2 cm³/mol. The van der Waals surface area contributed by atoms with E-state index in [1.54, 1.807) is 6.07 Å². The molecule has 0 radical (unpaired) electrons. The van der Waals surface area contributed by atoms with Gasteiger partial charge in [-0.15, -0.1) is 0 Å². The van der Waals surface area contributed by atoms with Crippen LogP contribution in [0.15, 0.2) is 16.6 Å². The van der Waals surface area contributed by atoms with Gasteiger partial charge in [-0.2, -0.15) is 0 Å². The molecule has 3 N–H and O–H groups in total. The summed E-state index contributed by atoms with van der Waals surface area (Å²) in [5.41, 5.74) is 6.10. The maximum atomic E-state index is 9.36. The summed E-state index contributed by atoms with van der Waals surface area (Å²) in [4.78, 5) is 0.255. The lowest BCUT2D eigenvalue weighted by atomic mass is 10.2. The third-order valence-electron chi connectivity index (χ3n) is 1.53. The zero-order chi connectivity index (χ0) is 10.0. The highest BCUT2D eigenvalue weighted by atomic mass is 79.9. The number of nitrogens with two attached hydrogens (primary N) is 1. The Morgan fingerprint density at radius 3 is 2.69 bits per heavy atom. The van der Waals surface area contributed by atoms with Crippen molar-refractivity contribution in [2.45, 2.75) is 0 Å². The highest BCUT2D eigenvalue weighted by Gasteiger charge is 2.09. The SMILES string of the molecule is COc1cc(C(N)=S)c(Br)cc1O. The molecule has 0 aliphatic carbocycles. The van der Waals surface area contributed by atoms with Gasteiger partial charge in [0.15, 0.2) is 11.5 Å². The second-order valence-electron chi connectivity index (χ2n) is 2.37. The van der Waals surface area contributed by atoms with Crippen molar-refractivity contribution in [1.82, 2.24) is 0 Å². The van der Waals surface area contributed by atoms with Crippen LogP contribution in [0.1, 0.15) is 5.56 Å². The largest absolute Gasteiger partial charge is 0.504 e. The lowest BCUT2D eigenvalue weighted by molar-refractivity contribution is 0.373. The van der Waals surface area contributed by atoms with Crippen LogP contribution in [-0.2, 0) is 0 Å². The summed E-state index contributed by atoms with van der Waals surface area (Å²) in [5.74, 6) is 0.403. The molecule has 0 spiro atoms. The Balaban J connectivity index is 3.30. The summed E-state index contributed by atoms with van der Waals surface area (Å²) >= 11 is 8.04. The summed E-state index contributed by atoms with van der Waals surface area (Å²) in [6.07, 6.45) is 0. The molecule has 5 heteroatoms. The molecule has 0 aliphatic rings. The predicted octanol–water partition coefficient (Wildman–Crippen LogP) is 1.80. The molecule has 1 aromatic rings. The second-order valence-corrected chi connectivity index (χ2v) is 3.66. The summed E-state index contributed by atoms with van der Waals surface area (Å²) in [6.45, 7) is 0. The quantitative estimate of drug-likeness (QED) is 0.798. The van der Waals surface area contributed by atoms with Crippen LogP contribution in [0.3, 0.4) is 0 Å². The van der Waals surface area contributed by atoms with Gasteiger partial charge in [-0.3, -0.25) is 0 Å². The monoisotopic (exact) mass is 261 g/mol. The van der Waals surface area contributed by atoms with Gasteiger partial charge in [0.1, 0.15) is 4.99 Å². The van der Waals surface area contributed by atoms with Crippen LogP contribution in [0.2, 0.25) is 0 Å². The zero-order valence-electron chi connectivity index (χ0n) is 6.87. The minimum atomic E-state index is 0.0503. The summed E-state index contributed by atoms with van der Waals surface area (Å²) in [7, 11) is 1.46. The maximum Gasteiger partial charge on any atom is 0.161 e. The van der Waals surface area contributed by atoms with Crippen LogP contribution in [0.4, 0.5) is 0 Å². The standard InChI is InChI=1S/C8H8BrNO2S/c1-12-7-2-4(8(10)13)5(9)3-6(7)11/h2-3,11H,1H3,(H2,10,13). The molecule has 0 fully saturated rings. The van der Waals surface area contributed by atoms with Gasteiger partial charge in [-0.1, -0.05) is 12.2 Å². The smallest absolute Gasteiger partial charge is 0.161 e. The van der Waals surface area contributed by atoms with E-state index in [2.05, 4.69) is 15.9 Å². The van der Waals surface area contributed by atoms with Crippen molar-refractivity contribution < 1.29 is 9.84 Å². The molecule has 0 aromatic heterocycles. The Hall–Kier alpha value is -0.810. The van der Waals surface area contributed by atoms with Crippen LogP contribution in [-0.4, -0.2) is 17.2 Å². The van der Waals surface area contributed by atoms with E-state index < -0.39 is 0 Å². The minimum absolute atomic E-state index is 0.0503. The maximum absolute atomic E-state index is 9.36. The molecule has 0 unspecified atom stereocenters. The van der Waals surface area contributed by atoms with Gasteiger partial charge < -0.3 is 15.6 Å². The number of phenolic OH excluding ortho intramolecular Hbond substituents is 1. The summed E-state index contributed by atoms with van der Waals surface area (Å²) in [6, 6.07) is 3.08. The van der Waals surface area contributed by atoms with Gasteiger partial charge in [0.2, 0.25) is 0 Å². The molecular formula is C8H8BrNO2S. The van der Waals surface area contributed by atoms with E-state index in [1.165, 1.54) is 13.2 Å². The fourth-order valence-corrected chi connectivity index (χ4v) is 1.74. The first kappa shape index (κ1) is 10.3. The molecule has 1 aromatic carbocycles. The Labute approximate surface area is 89.6 Å². The first-order valence-electron chi connectivity index (χ1n) is 3.42. The number of methoxy groups -OCH3 is 1. The van der Waals surface area contributed by atoms with E-state index in [0.717, 1.165) is 0 Å². The Kier molecular flexibility index (Phi) is 3.11. The number of thiocarbonyl (C=S) groups is 1. The van der Waals surface area contributed by atoms with Crippen LogP contribution < -0.4 is 10.5 Å². The van der Waals surface area contributed by atoms with Crippen LogP contribution in [0.5, 0.6) is 11.5 Å². The molecule has 70 valence electrons. The molecule has 0 bridgehead atoms. The third-order valence-corrected chi connectivity index (χ3v) is 2.41. The number of ether oxygens (including phenoxy) is 1. The van der Waals surface area contributed by atoms with Crippen molar-refractivity contribution in [3.63, 3.8) is 0 Å². The number of benzene rings is 1. The molecule has 0 saturated carbocycles. The Morgan fingerprint density at radius 1 is 1.62 bits per heavy atom. The van der Waals surface area contributed by atoms with E-state index in [9.17, 15) is 5.11 Å².